The summed E-state index contributed by atoms with van der Waals surface area (Å²) in [5.74, 6) is 0.0339. The predicted molar refractivity (Wildman–Crippen MR) is 82.1 cm³/mol. The van der Waals surface area contributed by atoms with Crippen molar-refractivity contribution in [2.45, 2.75) is 0 Å². The number of hydrogen-bond donors (Lipinski definition) is 2. The number of fused-ring (bicyclic) bond motifs is 1. The topological polar surface area (TPSA) is 88.3 Å². The third kappa shape index (κ3) is 3.00. The van der Waals surface area contributed by atoms with Gasteiger partial charge in [-0.3, -0.25) is 4.98 Å². The first kappa shape index (κ1) is 14.5. The highest BCUT2D eigenvalue weighted by atomic mass is 32.2. The van der Waals surface area contributed by atoms with Crippen LogP contribution in [0.2, 0.25) is 0 Å². The molecular weight excluding hydrogens is 276 g/mol. The highest BCUT2D eigenvalue weighted by molar-refractivity contribution is 7.89. The van der Waals surface area contributed by atoms with Crippen molar-refractivity contribution < 1.29 is 8.42 Å². The summed E-state index contributed by atoms with van der Waals surface area (Å²) in [6.07, 6.45) is 3.40. The predicted octanol–water partition coefficient (Wildman–Crippen LogP) is 1.12. The minimum absolute atomic E-state index is 0.0339. The number of aromatic nitrogens is 1. The van der Waals surface area contributed by atoms with E-state index in [0.29, 0.717) is 12.2 Å². The van der Waals surface area contributed by atoms with Crippen LogP contribution in [-0.2, 0) is 10.0 Å². The normalized spacial score (nSPS) is 11.9. The van der Waals surface area contributed by atoms with Gasteiger partial charge in [-0.05, 0) is 18.2 Å². The van der Waals surface area contributed by atoms with Crippen LogP contribution >= 0.6 is 0 Å². The molecule has 2 rings (SSSR count). The highest BCUT2D eigenvalue weighted by Gasteiger charge is 2.13. The molecule has 0 fully saturated rings. The average molecular weight is 294 g/mol. The summed E-state index contributed by atoms with van der Waals surface area (Å²) in [7, 11) is -0.148. The van der Waals surface area contributed by atoms with Crippen LogP contribution in [0.1, 0.15) is 0 Å². The van der Waals surface area contributed by atoms with E-state index in [9.17, 15) is 8.42 Å². The molecule has 6 nitrogen and oxygen atoms in total. The van der Waals surface area contributed by atoms with Gasteiger partial charge >= 0.3 is 0 Å². The van der Waals surface area contributed by atoms with Gasteiger partial charge in [-0.1, -0.05) is 0 Å². The summed E-state index contributed by atoms with van der Waals surface area (Å²) in [6.45, 7) is 0.328. The number of hydrogen-bond acceptors (Lipinski definition) is 5. The summed E-state index contributed by atoms with van der Waals surface area (Å²) in [5.41, 5.74) is 7.41. The Morgan fingerprint density at radius 3 is 2.70 bits per heavy atom. The molecule has 0 unspecified atom stereocenters. The van der Waals surface area contributed by atoms with Crippen molar-refractivity contribution in [2.24, 2.45) is 0 Å². The summed E-state index contributed by atoms with van der Waals surface area (Å²) >= 11 is 0. The number of benzene rings is 1. The smallest absolute Gasteiger partial charge is 0.215 e. The molecule has 0 amide bonds. The molecule has 2 aromatic rings. The van der Waals surface area contributed by atoms with Crippen molar-refractivity contribution >= 4 is 32.2 Å². The molecule has 0 aliphatic rings. The minimum Gasteiger partial charge on any atom is -0.398 e. The van der Waals surface area contributed by atoms with E-state index < -0.39 is 10.0 Å². The lowest BCUT2D eigenvalue weighted by molar-refractivity contribution is 0.521. The highest BCUT2D eigenvalue weighted by Crippen LogP contribution is 2.27. The second-order valence-electron chi connectivity index (χ2n) is 4.65. The molecule has 0 saturated heterocycles. The zero-order valence-electron chi connectivity index (χ0n) is 11.5. The largest absolute Gasteiger partial charge is 0.398 e. The van der Waals surface area contributed by atoms with Crippen molar-refractivity contribution in [3.63, 3.8) is 0 Å². The molecule has 0 aliphatic carbocycles. The van der Waals surface area contributed by atoms with Crippen LogP contribution in [0.15, 0.2) is 30.6 Å². The Hall–Kier alpha value is -1.86. The average Bonchev–Trinajstić information content (AvgIpc) is 2.41. The lowest BCUT2D eigenvalue weighted by atomic mass is 10.1. The van der Waals surface area contributed by atoms with Crippen molar-refractivity contribution in [1.29, 1.82) is 0 Å². The van der Waals surface area contributed by atoms with Crippen LogP contribution in [0.25, 0.3) is 10.8 Å². The maximum atomic E-state index is 11.7. The van der Waals surface area contributed by atoms with E-state index in [4.69, 9.17) is 5.73 Å². The zero-order valence-corrected chi connectivity index (χ0v) is 12.3. The number of anilines is 2. The molecule has 0 spiro atoms. The Bertz CT molecular complexity index is 713. The summed E-state index contributed by atoms with van der Waals surface area (Å²) in [5, 5.41) is 4.91. The zero-order chi connectivity index (χ0) is 14.8. The number of nitrogens with one attached hydrogen (secondary N) is 1. The van der Waals surface area contributed by atoms with Crippen molar-refractivity contribution in [2.75, 3.05) is 37.4 Å². The van der Waals surface area contributed by atoms with Gasteiger partial charge in [-0.25, -0.2) is 12.7 Å². The van der Waals surface area contributed by atoms with Crippen LogP contribution in [0.3, 0.4) is 0 Å². The fraction of sp³-hybridized carbons (Fsp3) is 0.308. The molecule has 0 bridgehead atoms. The Balaban J connectivity index is 2.17. The molecule has 0 saturated carbocycles. The first-order valence-corrected chi connectivity index (χ1v) is 7.79. The number of nitrogen functional groups attached to an aromatic ring is 1. The molecule has 0 aliphatic heterocycles. The molecule has 1 heterocycles. The van der Waals surface area contributed by atoms with Crippen LogP contribution in [0.5, 0.6) is 0 Å². The maximum absolute atomic E-state index is 11.7. The standard InChI is InChI=1S/C13H18N4O2S/c1-17(2)20(18,19)8-7-16-13-4-3-12(14)10-5-6-15-9-11(10)13/h3-6,9,16H,7-8,14H2,1-2H3. The monoisotopic (exact) mass is 294 g/mol. The van der Waals surface area contributed by atoms with E-state index in [1.165, 1.54) is 18.4 Å². The minimum atomic E-state index is -3.20. The van der Waals surface area contributed by atoms with Gasteiger partial charge in [-0.15, -0.1) is 0 Å². The van der Waals surface area contributed by atoms with Gasteiger partial charge in [0.1, 0.15) is 0 Å². The van der Waals surface area contributed by atoms with Gasteiger partial charge in [0.15, 0.2) is 0 Å². The van der Waals surface area contributed by atoms with Crippen molar-refractivity contribution in [1.82, 2.24) is 9.29 Å². The number of nitrogens with two attached hydrogens (primary N) is 1. The molecule has 20 heavy (non-hydrogen) atoms. The summed E-state index contributed by atoms with van der Waals surface area (Å²) < 4.78 is 24.6. The lowest BCUT2D eigenvalue weighted by Crippen LogP contribution is -2.28. The lowest BCUT2D eigenvalue weighted by Gasteiger charge is -2.13. The summed E-state index contributed by atoms with van der Waals surface area (Å²) in [6, 6.07) is 5.47. The van der Waals surface area contributed by atoms with E-state index in [2.05, 4.69) is 10.3 Å². The second kappa shape index (κ2) is 5.64. The van der Waals surface area contributed by atoms with Gasteiger partial charge in [0.2, 0.25) is 10.0 Å². The van der Waals surface area contributed by atoms with Gasteiger partial charge in [0.05, 0.1) is 5.75 Å². The van der Waals surface area contributed by atoms with Crippen LogP contribution in [0.4, 0.5) is 11.4 Å². The molecule has 3 N–H and O–H groups in total. The van der Waals surface area contributed by atoms with Gasteiger partial charge < -0.3 is 11.1 Å². The molecule has 0 atom stereocenters. The third-order valence-electron chi connectivity index (χ3n) is 3.08. The van der Waals surface area contributed by atoms with Gasteiger partial charge in [0.25, 0.3) is 0 Å². The van der Waals surface area contributed by atoms with Gasteiger partial charge in [-0.2, -0.15) is 0 Å². The molecule has 1 aromatic heterocycles. The third-order valence-corrected chi connectivity index (χ3v) is 4.92. The maximum Gasteiger partial charge on any atom is 0.215 e. The number of rotatable bonds is 5. The molecule has 0 radical (unpaired) electrons. The van der Waals surface area contributed by atoms with Crippen LogP contribution in [0, 0.1) is 0 Å². The van der Waals surface area contributed by atoms with E-state index in [-0.39, 0.29) is 5.75 Å². The Morgan fingerprint density at radius 1 is 1.25 bits per heavy atom. The Morgan fingerprint density at radius 2 is 2.00 bits per heavy atom. The van der Waals surface area contributed by atoms with E-state index >= 15 is 0 Å². The van der Waals surface area contributed by atoms with E-state index in [1.54, 1.807) is 18.5 Å². The molecular formula is C13H18N4O2S. The molecule has 1 aromatic carbocycles. The Kier molecular flexibility index (Phi) is 4.10. The summed E-state index contributed by atoms with van der Waals surface area (Å²) in [4.78, 5) is 4.08. The fourth-order valence-corrected chi connectivity index (χ4v) is 2.59. The molecule has 108 valence electrons. The fourth-order valence-electron chi connectivity index (χ4n) is 1.86. The number of nitrogens with zero attached hydrogens (tertiary/aromatic N) is 2. The Labute approximate surface area is 118 Å². The van der Waals surface area contributed by atoms with E-state index in [1.807, 2.05) is 12.1 Å². The number of sulfonamides is 1. The second-order valence-corrected chi connectivity index (χ2v) is 6.95. The van der Waals surface area contributed by atoms with E-state index in [0.717, 1.165) is 16.5 Å². The first-order valence-electron chi connectivity index (χ1n) is 6.18. The van der Waals surface area contributed by atoms with Crippen LogP contribution < -0.4 is 11.1 Å². The SMILES string of the molecule is CN(C)S(=O)(=O)CCNc1ccc(N)c2ccncc12. The van der Waals surface area contributed by atoms with Crippen molar-refractivity contribution in [3.05, 3.63) is 30.6 Å². The van der Waals surface area contributed by atoms with Gasteiger partial charge in [0, 0.05) is 55.2 Å². The molecule has 7 heteroatoms. The number of pyridine rings is 1. The van der Waals surface area contributed by atoms with Crippen LogP contribution in [-0.4, -0.2) is 44.1 Å². The first-order chi connectivity index (χ1) is 9.42. The van der Waals surface area contributed by atoms with Crippen molar-refractivity contribution in [3.8, 4) is 0 Å². The quantitative estimate of drug-likeness (QED) is 0.807.